The van der Waals surface area contributed by atoms with Gasteiger partial charge in [-0.05, 0) is 62.5 Å². The molecule has 2 atom stereocenters. The zero-order valence-corrected chi connectivity index (χ0v) is 17.1. The van der Waals surface area contributed by atoms with Crippen LogP contribution in [0.1, 0.15) is 43.4 Å². The van der Waals surface area contributed by atoms with E-state index in [1.165, 1.54) is 5.69 Å². The third kappa shape index (κ3) is 3.02. The van der Waals surface area contributed by atoms with Crippen LogP contribution >= 0.6 is 12.2 Å². The van der Waals surface area contributed by atoms with Crippen LogP contribution in [0.5, 0.6) is 11.5 Å². The first kappa shape index (κ1) is 18.0. The summed E-state index contributed by atoms with van der Waals surface area (Å²) in [6.45, 7) is 4.62. The molecule has 29 heavy (non-hydrogen) atoms. The summed E-state index contributed by atoms with van der Waals surface area (Å²) in [6, 6.07) is 16.4. The molecule has 0 saturated carbocycles. The minimum Gasteiger partial charge on any atom is -0.454 e. The van der Waals surface area contributed by atoms with Gasteiger partial charge in [-0.1, -0.05) is 6.07 Å². The molecule has 0 spiro atoms. The largest absolute Gasteiger partial charge is 0.454 e. The molecular weight excluding hydrogens is 384 g/mol. The smallest absolute Gasteiger partial charge is 0.231 e. The number of fused-ring (bicyclic) bond motifs is 1. The first-order valence-electron chi connectivity index (χ1n) is 9.70. The molecule has 0 radical (unpaired) electrons. The van der Waals surface area contributed by atoms with Crippen LogP contribution in [-0.4, -0.2) is 21.5 Å². The van der Waals surface area contributed by atoms with Gasteiger partial charge < -0.3 is 24.3 Å². The number of ether oxygens (including phenoxy) is 2. The van der Waals surface area contributed by atoms with Crippen LogP contribution in [0.2, 0.25) is 0 Å². The van der Waals surface area contributed by atoms with Crippen LogP contribution in [0.4, 0.5) is 5.69 Å². The Bertz CT molecular complexity index is 1050. The summed E-state index contributed by atoms with van der Waals surface area (Å²) in [6.07, 6.45) is 3.94. The molecule has 2 aromatic heterocycles. The average molecular weight is 407 g/mol. The number of rotatable bonds is 4. The molecule has 1 N–H and O–H groups in total. The van der Waals surface area contributed by atoms with Crippen molar-refractivity contribution in [3.8, 4) is 11.5 Å². The minimum atomic E-state index is -0.0680. The second kappa shape index (κ2) is 7.08. The van der Waals surface area contributed by atoms with E-state index in [0.717, 1.165) is 22.9 Å². The molecule has 1 saturated heterocycles. The van der Waals surface area contributed by atoms with E-state index in [1.807, 2.05) is 42.6 Å². The second-order valence-electron chi connectivity index (χ2n) is 7.47. The number of pyridine rings is 1. The lowest BCUT2D eigenvalue weighted by atomic mass is 10.0. The van der Waals surface area contributed by atoms with E-state index >= 15 is 0 Å². The molecule has 2 aliphatic heterocycles. The molecule has 0 aliphatic carbocycles. The van der Waals surface area contributed by atoms with Crippen LogP contribution in [-0.2, 0) is 0 Å². The maximum atomic E-state index is 5.79. The summed E-state index contributed by atoms with van der Waals surface area (Å²) in [7, 11) is 0. The summed E-state index contributed by atoms with van der Waals surface area (Å²) in [5.41, 5.74) is 3.10. The van der Waals surface area contributed by atoms with Crippen molar-refractivity contribution < 1.29 is 9.47 Å². The van der Waals surface area contributed by atoms with Crippen LogP contribution in [0.3, 0.4) is 0 Å². The number of thiocarbonyl (C=S) groups is 1. The highest BCUT2D eigenvalue weighted by Gasteiger charge is 2.42. The van der Waals surface area contributed by atoms with Crippen LogP contribution in [0, 0.1) is 0 Å². The minimum absolute atomic E-state index is 0.0461. The zero-order valence-electron chi connectivity index (χ0n) is 16.3. The SMILES string of the molecule is CC(C)n1cccc1[C@@H]1[C@H](c2ccccn2)NC(=S)N1c1ccc2c(c1)OCO2. The fraction of sp³-hybridized carbons (Fsp3) is 0.273. The van der Waals surface area contributed by atoms with Gasteiger partial charge >= 0.3 is 0 Å². The Morgan fingerprint density at radius 2 is 1.97 bits per heavy atom. The normalized spacial score (nSPS) is 20.4. The number of nitrogens with zero attached hydrogens (tertiary/aromatic N) is 3. The first-order valence-corrected chi connectivity index (χ1v) is 10.1. The van der Waals surface area contributed by atoms with Crippen molar-refractivity contribution in [3.63, 3.8) is 0 Å². The van der Waals surface area contributed by atoms with Crippen LogP contribution < -0.4 is 19.7 Å². The molecule has 3 aromatic rings. The molecule has 0 amide bonds. The van der Waals surface area contributed by atoms with E-state index in [9.17, 15) is 0 Å². The highest BCUT2D eigenvalue weighted by Crippen LogP contribution is 2.44. The summed E-state index contributed by atoms with van der Waals surface area (Å²) < 4.78 is 13.4. The van der Waals surface area contributed by atoms with Gasteiger partial charge in [0.15, 0.2) is 16.6 Å². The monoisotopic (exact) mass is 406 g/mol. The Morgan fingerprint density at radius 3 is 2.76 bits per heavy atom. The van der Waals surface area contributed by atoms with Gasteiger partial charge in [0.25, 0.3) is 0 Å². The van der Waals surface area contributed by atoms with Crippen molar-refractivity contribution in [1.82, 2.24) is 14.9 Å². The van der Waals surface area contributed by atoms with Gasteiger partial charge in [0.2, 0.25) is 6.79 Å². The maximum absolute atomic E-state index is 5.79. The van der Waals surface area contributed by atoms with E-state index in [4.69, 9.17) is 21.7 Å². The van der Waals surface area contributed by atoms with Gasteiger partial charge in [0, 0.05) is 35.9 Å². The predicted molar refractivity (Wildman–Crippen MR) is 115 cm³/mol. The highest BCUT2D eigenvalue weighted by atomic mass is 32.1. The van der Waals surface area contributed by atoms with E-state index in [0.29, 0.717) is 11.2 Å². The Kier molecular flexibility index (Phi) is 4.39. The van der Waals surface area contributed by atoms with Crippen LogP contribution in [0.15, 0.2) is 60.9 Å². The third-order valence-electron chi connectivity index (χ3n) is 5.40. The lowest BCUT2D eigenvalue weighted by molar-refractivity contribution is 0.174. The molecule has 4 heterocycles. The zero-order chi connectivity index (χ0) is 20.0. The second-order valence-corrected chi connectivity index (χ2v) is 7.85. The van der Waals surface area contributed by atoms with Crippen molar-refractivity contribution in [3.05, 3.63) is 72.3 Å². The molecule has 0 unspecified atom stereocenters. The molecule has 7 heteroatoms. The van der Waals surface area contributed by atoms with Gasteiger partial charge in [-0.15, -0.1) is 0 Å². The van der Waals surface area contributed by atoms with Gasteiger partial charge in [-0.25, -0.2) is 0 Å². The maximum Gasteiger partial charge on any atom is 0.231 e. The fourth-order valence-electron chi connectivity index (χ4n) is 4.10. The number of aromatic nitrogens is 2. The fourth-order valence-corrected chi connectivity index (χ4v) is 4.44. The molecule has 5 rings (SSSR count). The number of anilines is 1. The lowest BCUT2D eigenvalue weighted by Crippen LogP contribution is -2.30. The predicted octanol–water partition coefficient (Wildman–Crippen LogP) is 4.37. The number of hydrogen-bond acceptors (Lipinski definition) is 4. The Labute approximate surface area is 175 Å². The number of hydrogen-bond donors (Lipinski definition) is 1. The average Bonchev–Trinajstić information content (AvgIpc) is 3.45. The third-order valence-corrected chi connectivity index (χ3v) is 5.72. The summed E-state index contributed by atoms with van der Waals surface area (Å²) in [5.74, 6) is 1.50. The standard InChI is InChI=1S/C22H22N4O2S/c1-14(2)25-11-5-7-17(25)21-20(16-6-3-4-10-23-16)24-22(29)26(21)15-8-9-18-19(12-15)28-13-27-18/h3-12,14,20-21H,13H2,1-2H3,(H,24,29)/t20-,21+/m0/s1. The first-order chi connectivity index (χ1) is 14.1. The highest BCUT2D eigenvalue weighted by molar-refractivity contribution is 7.80. The molecular formula is C22H22N4O2S. The number of benzene rings is 1. The van der Waals surface area contributed by atoms with Crippen LogP contribution in [0.25, 0.3) is 0 Å². The van der Waals surface area contributed by atoms with Crippen molar-refractivity contribution in [1.29, 1.82) is 0 Å². The van der Waals surface area contributed by atoms with E-state index in [1.54, 1.807) is 0 Å². The van der Waals surface area contributed by atoms with Crippen molar-refractivity contribution >= 4 is 23.0 Å². The van der Waals surface area contributed by atoms with Gasteiger partial charge in [0.1, 0.15) is 6.04 Å². The van der Waals surface area contributed by atoms with Crippen molar-refractivity contribution in [2.75, 3.05) is 11.7 Å². The van der Waals surface area contributed by atoms with E-state index in [2.05, 4.69) is 51.9 Å². The lowest BCUT2D eigenvalue weighted by Gasteiger charge is -2.30. The quantitative estimate of drug-likeness (QED) is 0.650. The van der Waals surface area contributed by atoms with Crippen molar-refractivity contribution in [2.24, 2.45) is 0 Å². The van der Waals surface area contributed by atoms with E-state index < -0.39 is 0 Å². The summed E-state index contributed by atoms with van der Waals surface area (Å²) in [5, 5.41) is 4.17. The molecule has 2 aliphatic rings. The van der Waals surface area contributed by atoms with Gasteiger partial charge in [-0.3, -0.25) is 4.98 Å². The summed E-state index contributed by atoms with van der Waals surface area (Å²) in [4.78, 5) is 6.77. The Balaban J connectivity index is 1.64. The van der Waals surface area contributed by atoms with E-state index in [-0.39, 0.29) is 18.9 Å². The van der Waals surface area contributed by atoms with Crippen molar-refractivity contribution in [2.45, 2.75) is 32.0 Å². The molecule has 148 valence electrons. The van der Waals surface area contributed by atoms with Gasteiger partial charge in [-0.2, -0.15) is 0 Å². The Morgan fingerprint density at radius 1 is 1.10 bits per heavy atom. The molecule has 0 bridgehead atoms. The molecule has 1 fully saturated rings. The Hall–Kier alpha value is -3.06. The number of nitrogens with one attached hydrogen (secondary N) is 1. The molecule has 1 aromatic carbocycles. The topological polar surface area (TPSA) is 51.6 Å². The molecule has 6 nitrogen and oxygen atoms in total. The summed E-state index contributed by atoms with van der Waals surface area (Å²) >= 11 is 5.79. The van der Waals surface area contributed by atoms with Gasteiger partial charge in [0.05, 0.1) is 11.7 Å².